The van der Waals surface area contributed by atoms with Gasteiger partial charge < -0.3 is 10.3 Å². The summed E-state index contributed by atoms with van der Waals surface area (Å²) in [5, 5.41) is 5.07. The van der Waals surface area contributed by atoms with Gasteiger partial charge in [0.05, 0.1) is 6.04 Å². The van der Waals surface area contributed by atoms with E-state index in [0.29, 0.717) is 12.0 Å². The Morgan fingerprint density at radius 2 is 1.79 bits per heavy atom. The molecule has 1 aliphatic heterocycles. The molecule has 2 aromatic carbocycles. The van der Waals surface area contributed by atoms with E-state index in [0.717, 1.165) is 6.42 Å². The first-order chi connectivity index (χ1) is 11.6. The van der Waals surface area contributed by atoms with Crippen molar-refractivity contribution in [2.24, 2.45) is 5.41 Å². The number of aromatic nitrogens is 1. The zero-order valence-electron chi connectivity index (χ0n) is 14.1. The molecule has 5 rings (SSSR count). The molecule has 0 saturated carbocycles. The maximum atomic E-state index is 3.75. The third-order valence-electron chi connectivity index (χ3n) is 5.78. The molecule has 24 heavy (non-hydrogen) atoms. The number of nitrogens with one attached hydrogen (secondary N) is 2. The minimum absolute atomic E-state index is 0.229. The number of H-pyrrole nitrogens is 1. The van der Waals surface area contributed by atoms with Crippen LogP contribution in [0.2, 0.25) is 0 Å². The Kier molecular flexibility index (Phi) is 2.76. The van der Waals surface area contributed by atoms with Crippen LogP contribution in [0.1, 0.15) is 37.3 Å². The van der Waals surface area contributed by atoms with Crippen LogP contribution < -0.4 is 5.32 Å². The van der Waals surface area contributed by atoms with Crippen molar-refractivity contribution in [3.05, 3.63) is 71.9 Å². The second kappa shape index (κ2) is 4.76. The number of fused-ring (bicyclic) bond motifs is 4. The minimum Gasteiger partial charge on any atom is -0.378 e. The highest BCUT2D eigenvalue weighted by Crippen LogP contribution is 2.54. The molecule has 3 aromatic rings. The molecule has 120 valence electrons. The highest BCUT2D eigenvalue weighted by Gasteiger charge is 2.44. The highest BCUT2D eigenvalue weighted by molar-refractivity contribution is 5.93. The Morgan fingerprint density at radius 1 is 1.00 bits per heavy atom. The first-order valence-corrected chi connectivity index (χ1v) is 8.76. The molecule has 2 N–H and O–H groups in total. The van der Waals surface area contributed by atoms with Gasteiger partial charge in [-0.25, -0.2) is 0 Å². The topological polar surface area (TPSA) is 27.8 Å². The molecule has 2 heterocycles. The van der Waals surface area contributed by atoms with Crippen LogP contribution in [0.4, 0.5) is 5.69 Å². The summed E-state index contributed by atoms with van der Waals surface area (Å²) in [5.41, 5.74) is 7.04. The summed E-state index contributed by atoms with van der Waals surface area (Å²) >= 11 is 0. The van der Waals surface area contributed by atoms with Gasteiger partial charge in [0.15, 0.2) is 0 Å². The van der Waals surface area contributed by atoms with Gasteiger partial charge in [0.1, 0.15) is 0 Å². The smallest absolute Gasteiger partial charge is 0.0525 e. The third kappa shape index (κ3) is 1.89. The van der Waals surface area contributed by atoms with Gasteiger partial charge in [-0.2, -0.15) is 0 Å². The Balaban J connectivity index is 1.64. The summed E-state index contributed by atoms with van der Waals surface area (Å²) in [4.78, 5) is 3.43. The molecule has 0 spiro atoms. The number of anilines is 1. The van der Waals surface area contributed by atoms with Gasteiger partial charge in [-0.3, -0.25) is 0 Å². The van der Waals surface area contributed by atoms with E-state index in [4.69, 9.17) is 0 Å². The average Bonchev–Trinajstić information content (AvgIpc) is 3.15. The molecule has 0 bridgehead atoms. The molecular weight excluding hydrogens is 292 g/mol. The number of rotatable bonds is 1. The van der Waals surface area contributed by atoms with Gasteiger partial charge in [0.25, 0.3) is 0 Å². The van der Waals surface area contributed by atoms with Crippen LogP contribution in [-0.2, 0) is 0 Å². The SMILES string of the molecule is CC1(C)CC(c2c[nH]c3ccccc23)=C[C@H]2Nc3ccccc3[C@H]21. The second-order valence-corrected chi connectivity index (χ2v) is 7.84. The van der Waals surface area contributed by atoms with Crippen molar-refractivity contribution in [2.45, 2.75) is 32.2 Å². The largest absolute Gasteiger partial charge is 0.378 e. The van der Waals surface area contributed by atoms with E-state index in [1.165, 1.54) is 33.3 Å². The molecule has 0 saturated heterocycles. The van der Waals surface area contributed by atoms with E-state index >= 15 is 0 Å². The lowest BCUT2D eigenvalue weighted by molar-refractivity contribution is 0.280. The van der Waals surface area contributed by atoms with Crippen LogP contribution >= 0.6 is 0 Å². The Labute approximate surface area is 142 Å². The quantitative estimate of drug-likeness (QED) is 0.604. The molecule has 1 aliphatic carbocycles. The highest BCUT2D eigenvalue weighted by atomic mass is 15.0. The van der Waals surface area contributed by atoms with Gasteiger partial charge in [-0.15, -0.1) is 0 Å². The molecule has 2 nitrogen and oxygen atoms in total. The third-order valence-corrected chi connectivity index (χ3v) is 5.78. The van der Waals surface area contributed by atoms with E-state index in [2.05, 4.69) is 85.0 Å². The van der Waals surface area contributed by atoms with Gasteiger partial charge in [-0.05, 0) is 35.1 Å². The van der Waals surface area contributed by atoms with Crippen LogP contribution in [0.15, 0.2) is 60.8 Å². The van der Waals surface area contributed by atoms with E-state index in [-0.39, 0.29) is 5.41 Å². The zero-order chi connectivity index (χ0) is 16.3. The molecular formula is C22H22N2. The fourth-order valence-electron chi connectivity index (χ4n) is 4.80. The van der Waals surface area contributed by atoms with Gasteiger partial charge in [-0.1, -0.05) is 56.3 Å². The Morgan fingerprint density at radius 3 is 2.71 bits per heavy atom. The maximum absolute atomic E-state index is 3.75. The van der Waals surface area contributed by atoms with Crippen molar-refractivity contribution >= 4 is 22.2 Å². The Bertz CT molecular complexity index is 961. The fourth-order valence-corrected chi connectivity index (χ4v) is 4.80. The van der Waals surface area contributed by atoms with Crippen LogP contribution in [0.25, 0.3) is 16.5 Å². The van der Waals surface area contributed by atoms with Crippen LogP contribution in [0, 0.1) is 5.41 Å². The summed E-state index contributed by atoms with van der Waals surface area (Å²) < 4.78 is 0. The number of hydrogen-bond donors (Lipinski definition) is 2. The first-order valence-electron chi connectivity index (χ1n) is 8.76. The molecule has 0 radical (unpaired) electrons. The molecule has 2 heteroatoms. The summed E-state index contributed by atoms with van der Waals surface area (Å²) in [6, 6.07) is 17.8. The molecule has 2 atom stereocenters. The fraction of sp³-hybridized carbons (Fsp3) is 0.273. The van der Waals surface area contributed by atoms with Crippen LogP contribution in [-0.4, -0.2) is 11.0 Å². The van der Waals surface area contributed by atoms with Gasteiger partial charge in [0.2, 0.25) is 0 Å². The zero-order valence-corrected chi connectivity index (χ0v) is 14.1. The number of para-hydroxylation sites is 2. The molecule has 0 unspecified atom stereocenters. The number of hydrogen-bond acceptors (Lipinski definition) is 1. The predicted molar refractivity (Wildman–Crippen MR) is 101 cm³/mol. The van der Waals surface area contributed by atoms with Crippen molar-refractivity contribution in [2.75, 3.05) is 5.32 Å². The van der Waals surface area contributed by atoms with Crippen molar-refractivity contribution in [1.29, 1.82) is 0 Å². The summed E-state index contributed by atoms with van der Waals surface area (Å²) in [5.74, 6) is 0.544. The van der Waals surface area contributed by atoms with Gasteiger partial charge in [0, 0.05) is 34.3 Å². The molecule has 0 fully saturated rings. The molecule has 1 aromatic heterocycles. The summed E-state index contributed by atoms with van der Waals surface area (Å²) in [7, 11) is 0. The van der Waals surface area contributed by atoms with E-state index in [1.807, 2.05) is 0 Å². The van der Waals surface area contributed by atoms with Crippen LogP contribution in [0.3, 0.4) is 0 Å². The second-order valence-electron chi connectivity index (χ2n) is 7.84. The number of allylic oxidation sites excluding steroid dienone is 1. The lowest BCUT2D eigenvalue weighted by atomic mass is 9.65. The van der Waals surface area contributed by atoms with Crippen molar-refractivity contribution in [3.63, 3.8) is 0 Å². The molecule has 2 aliphatic rings. The van der Waals surface area contributed by atoms with Crippen molar-refractivity contribution < 1.29 is 0 Å². The number of aromatic amines is 1. The lowest BCUT2D eigenvalue weighted by Gasteiger charge is -2.40. The first kappa shape index (κ1) is 13.9. The normalized spacial score (nSPS) is 24.2. The summed E-state index contributed by atoms with van der Waals surface area (Å²) in [6.07, 6.45) is 5.74. The minimum atomic E-state index is 0.229. The van der Waals surface area contributed by atoms with E-state index < -0.39 is 0 Å². The lowest BCUT2D eigenvalue weighted by Crippen LogP contribution is -2.34. The van der Waals surface area contributed by atoms with Crippen LogP contribution in [0.5, 0.6) is 0 Å². The summed E-state index contributed by atoms with van der Waals surface area (Å²) in [6.45, 7) is 4.83. The average molecular weight is 314 g/mol. The van der Waals surface area contributed by atoms with Gasteiger partial charge >= 0.3 is 0 Å². The van der Waals surface area contributed by atoms with E-state index in [1.54, 1.807) is 0 Å². The maximum Gasteiger partial charge on any atom is 0.0525 e. The molecule has 0 amide bonds. The standard InChI is InChI=1S/C22H22N2/c1-22(2)12-14(17-13-23-18-9-5-3-7-15(17)18)11-20-21(22)16-8-4-6-10-19(16)24-20/h3-11,13,20-21,23-24H,12H2,1-2H3/t20-,21-/m1/s1. The predicted octanol–water partition coefficient (Wildman–Crippen LogP) is 5.56. The number of benzene rings is 2. The Hall–Kier alpha value is -2.48. The monoisotopic (exact) mass is 314 g/mol. The van der Waals surface area contributed by atoms with Crippen molar-refractivity contribution in [3.8, 4) is 0 Å². The van der Waals surface area contributed by atoms with Crippen molar-refractivity contribution in [1.82, 2.24) is 4.98 Å². The van der Waals surface area contributed by atoms with E-state index in [9.17, 15) is 0 Å².